The van der Waals surface area contributed by atoms with Gasteiger partial charge in [-0.05, 0) is 31.9 Å². The molecule has 1 aromatic carbocycles. The first kappa shape index (κ1) is 20.4. The topological polar surface area (TPSA) is 117 Å². The second-order valence-electron chi connectivity index (χ2n) is 6.91. The van der Waals surface area contributed by atoms with Gasteiger partial charge in [0.15, 0.2) is 0 Å². The highest BCUT2D eigenvalue weighted by molar-refractivity contribution is 6.06. The smallest absolute Gasteiger partial charge is 0.338 e. The number of carbonyl (C=O) groups is 3. The fourth-order valence-corrected chi connectivity index (χ4v) is 3.74. The number of carboxylic acids is 1. The second kappa shape index (κ2) is 7.94. The highest BCUT2D eigenvalue weighted by Crippen LogP contribution is 2.30. The van der Waals surface area contributed by atoms with Crippen molar-refractivity contribution in [3.05, 3.63) is 34.7 Å². The molecule has 0 unspecified atom stereocenters. The summed E-state index contributed by atoms with van der Waals surface area (Å²) in [7, 11) is 1.47. The molecule has 2 heterocycles. The lowest BCUT2D eigenvalue weighted by Gasteiger charge is -2.32. The molecule has 1 aliphatic rings. The molecule has 1 N–H and O–H groups in total. The number of hydrogen-bond donors (Lipinski definition) is 1. The number of ether oxygens (including phenoxy) is 1. The molecule has 2 aromatic rings. The minimum Gasteiger partial charge on any atom is -0.497 e. The van der Waals surface area contributed by atoms with Crippen LogP contribution in [0.1, 0.15) is 26.7 Å². The summed E-state index contributed by atoms with van der Waals surface area (Å²) >= 11 is 0. The van der Waals surface area contributed by atoms with Crippen molar-refractivity contribution in [3.63, 3.8) is 0 Å². The summed E-state index contributed by atoms with van der Waals surface area (Å²) in [6.45, 7) is 3.11. The molecule has 0 bridgehead atoms. The number of carboxylic acid groups (broad SMARTS) is 1. The van der Waals surface area contributed by atoms with Crippen molar-refractivity contribution in [2.45, 2.75) is 38.8 Å². The van der Waals surface area contributed by atoms with Gasteiger partial charge in [-0.25, -0.2) is 9.59 Å². The molecular formula is C20H22N2O7. The maximum Gasteiger partial charge on any atom is 0.338 e. The Kier molecular flexibility index (Phi) is 5.58. The van der Waals surface area contributed by atoms with Gasteiger partial charge in [-0.3, -0.25) is 14.5 Å². The molecule has 3 rings (SSSR count). The van der Waals surface area contributed by atoms with Crippen LogP contribution in [0.2, 0.25) is 0 Å². The van der Waals surface area contributed by atoms with E-state index in [4.69, 9.17) is 9.15 Å². The van der Waals surface area contributed by atoms with Crippen LogP contribution in [0.3, 0.4) is 0 Å². The second-order valence-corrected chi connectivity index (χ2v) is 6.91. The number of likely N-dealkylation sites (tertiary alicyclic amines) is 1. The molecule has 154 valence electrons. The Bertz CT molecular complexity index is 1030. The number of nitrogens with zero attached hydrogens (tertiary/aromatic N) is 2. The van der Waals surface area contributed by atoms with E-state index >= 15 is 0 Å². The molecule has 0 spiro atoms. The van der Waals surface area contributed by atoms with E-state index in [0.717, 1.165) is 6.07 Å². The van der Waals surface area contributed by atoms with E-state index in [1.165, 1.54) is 36.8 Å². The molecule has 9 nitrogen and oxygen atoms in total. The van der Waals surface area contributed by atoms with Gasteiger partial charge in [-0.2, -0.15) is 0 Å². The number of aliphatic carboxylic acids is 1. The Morgan fingerprint density at radius 1 is 1.31 bits per heavy atom. The van der Waals surface area contributed by atoms with Crippen LogP contribution in [0.15, 0.2) is 33.5 Å². The number of carbonyl (C=O) groups excluding carboxylic acids is 2. The van der Waals surface area contributed by atoms with E-state index in [2.05, 4.69) is 0 Å². The quantitative estimate of drug-likeness (QED) is 0.755. The number of fused-ring (bicyclic) bond motifs is 1. The molecule has 0 radical (unpaired) electrons. The van der Waals surface area contributed by atoms with Gasteiger partial charge in [-0.1, -0.05) is 0 Å². The summed E-state index contributed by atoms with van der Waals surface area (Å²) in [6, 6.07) is 4.04. The highest BCUT2D eigenvalue weighted by atomic mass is 16.5. The fraction of sp³-hybridized carbons (Fsp3) is 0.400. The summed E-state index contributed by atoms with van der Waals surface area (Å²) in [4.78, 5) is 51.6. The van der Waals surface area contributed by atoms with Gasteiger partial charge in [-0.15, -0.1) is 0 Å². The Balaban J connectivity index is 2.06. The first-order valence-electron chi connectivity index (χ1n) is 9.19. The van der Waals surface area contributed by atoms with E-state index in [-0.39, 0.29) is 11.3 Å². The lowest BCUT2D eigenvalue weighted by molar-refractivity contribution is -0.148. The number of benzene rings is 1. The summed E-state index contributed by atoms with van der Waals surface area (Å²) in [5.41, 5.74) is -0.253. The zero-order chi connectivity index (χ0) is 21.3. The summed E-state index contributed by atoms with van der Waals surface area (Å²) in [5, 5.41) is 9.82. The molecular weight excluding hydrogens is 380 g/mol. The van der Waals surface area contributed by atoms with Gasteiger partial charge < -0.3 is 19.2 Å². The molecule has 1 aromatic heterocycles. The summed E-state index contributed by atoms with van der Waals surface area (Å²) in [5.74, 6) is -1.55. The third kappa shape index (κ3) is 3.80. The van der Waals surface area contributed by atoms with Crippen molar-refractivity contribution in [3.8, 4) is 5.75 Å². The van der Waals surface area contributed by atoms with Gasteiger partial charge in [0, 0.05) is 31.0 Å². The van der Waals surface area contributed by atoms with Crippen molar-refractivity contribution < 1.29 is 28.6 Å². The van der Waals surface area contributed by atoms with Crippen LogP contribution in [0.4, 0.5) is 5.69 Å². The van der Waals surface area contributed by atoms with Gasteiger partial charge in [0.2, 0.25) is 11.8 Å². The standard InChI is InChI=1S/C20H22N2O7/c1-11(19(25)21-8-4-5-15(21)20(26)27)22(12(2)23)16-10-18(24)29-17-9-13(28-3)6-7-14(16)17/h6-7,9-11,15H,4-5,8H2,1-3H3,(H,26,27)/t11-,15-/m0/s1. The van der Waals surface area contributed by atoms with Gasteiger partial charge >= 0.3 is 11.6 Å². The van der Waals surface area contributed by atoms with Crippen LogP contribution in [0.25, 0.3) is 11.0 Å². The molecule has 29 heavy (non-hydrogen) atoms. The van der Waals surface area contributed by atoms with Crippen molar-refractivity contribution in [1.29, 1.82) is 0 Å². The highest BCUT2D eigenvalue weighted by Gasteiger charge is 2.38. The van der Waals surface area contributed by atoms with Crippen molar-refractivity contribution in [2.75, 3.05) is 18.6 Å². The van der Waals surface area contributed by atoms with Crippen LogP contribution in [-0.2, 0) is 14.4 Å². The minimum atomic E-state index is -1.07. The number of amides is 2. The molecule has 1 fully saturated rings. The van der Waals surface area contributed by atoms with Crippen LogP contribution >= 0.6 is 0 Å². The van der Waals surface area contributed by atoms with E-state index in [0.29, 0.717) is 30.5 Å². The average Bonchev–Trinajstić information content (AvgIpc) is 3.16. The monoisotopic (exact) mass is 402 g/mol. The predicted molar refractivity (Wildman–Crippen MR) is 104 cm³/mol. The average molecular weight is 402 g/mol. The SMILES string of the molecule is COc1ccc2c(N(C(C)=O)[C@@H](C)C(=O)N3CCC[C@H]3C(=O)O)cc(=O)oc2c1. The molecule has 1 aliphatic heterocycles. The first-order valence-corrected chi connectivity index (χ1v) is 9.19. The minimum absolute atomic E-state index is 0.210. The maximum atomic E-state index is 13.0. The Labute approximate surface area is 166 Å². The van der Waals surface area contributed by atoms with E-state index in [1.54, 1.807) is 12.1 Å². The molecule has 0 saturated carbocycles. The first-order chi connectivity index (χ1) is 13.7. The Hall–Kier alpha value is -3.36. The molecule has 2 amide bonds. The van der Waals surface area contributed by atoms with Gasteiger partial charge in [0.05, 0.1) is 12.8 Å². The van der Waals surface area contributed by atoms with Crippen LogP contribution < -0.4 is 15.3 Å². The van der Waals surface area contributed by atoms with Crippen LogP contribution in [0, 0.1) is 0 Å². The van der Waals surface area contributed by atoms with Crippen molar-refractivity contribution in [2.24, 2.45) is 0 Å². The molecule has 0 aliphatic carbocycles. The Morgan fingerprint density at radius 2 is 2.03 bits per heavy atom. The van der Waals surface area contributed by atoms with Crippen molar-refractivity contribution in [1.82, 2.24) is 4.90 Å². The zero-order valence-electron chi connectivity index (χ0n) is 16.4. The molecule has 1 saturated heterocycles. The third-order valence-electron chi connectivity index (χ3n) is 5.09. The largest absolute Gasteiger partial charge is 0.497 e. The number of rotatable bonds is 5. The van der Waals surface area contributed by atoms with Gasteiger partial charge in [0.1, 0.15) is 23.4 Å². The number of methoxy groups -OCH3 is 1. The predicted octanol–water partition coefficient (Wildman–Crippen LogP) is 1.62. The molecule has 2 atom stereocenters. The number of hydrogen-bond acceptors (Lipinski definition) is 6. The van der Waals surface area contributed by atoms with Crippen LogP contribution in [-0.4, -0.2) is 53.5 Å². The lowest BCUT2D eigenvalue weighted by Crippen LogP contribution is -2.52. The fourth-order valence-electron chi connectivity index (χ4n) is 3.74. The van der Waals surface area contributed by atoms with E-state index < -0.39 is 35.5 Å². The lowest BCUT2D eigenvalue weighted by atomic mass is 10.1. The summed E-state index contributed by atoms with van der Waals surface area (Å²) in [6.07, 6.45) is 0.943. The molecule has 9 heteroatoms. The normalized spacial score (nSPS) is 17.2. The van der Waals surface area contributed by atoms with Crippen molar-refractivity contribution >= 4 is 34.4 Å². The maximum absolute atomic E-state index is 13.0. The van der Waals surface area contributed by atoms with Gasteiger partial charge in [0.25, 0.3) is 0 Å². The third-order valence-corrected chi connectivity index (χ3v) is 5.09. The van der Waals surface area contributed by atoms with E-state index in [1.807, 2.05) is 0 Å². The number of anilines is 1. The zero-order valence-corrected chi connectivity index (χ0v) is 16.4. The Morgan fingerprint density at radius 3 is 2.66 bits per heavy atom. The van der Waals surface area contributed by atoms with Crippen LogP contribution in [0.5, 0.6) is 5.75 Å². The van der Waals surface area contributed by atoms with E-state index in [9.17, 15) is 24.3 Å². The summed E-state index contributed by atoms with van der Waals surface area (Å²) < 4.78 is 10.4.